The number of piperazine rings is 1. The number of ether oxygens (including phenoxy) is 1. The molecule has 3 aliphatic heterocycles. The molecular formula is C25H34N6O2. The quantitative estimate of drug-likeness (QED) is 0.721. The van der Waals surface area contributed by atoms with Gasteiger partial charge >= 0.3 is 0 Å². The molecule has 5 rings (SSSR count). The lowest BCUT2D eigenvalue weighted by Gasteiger charge is -2.49. The molecule has 1 aromatic heterocycles. The van der Waals surface area contributed by atoms with Crippen molar-refractivity contribution in [1.29, 1.82) is 0 Å². The molecule has 0 unspecified atom stereocenters. The molecule has 1 amide bonds. The standard InChI is InChI=1S/C25H34N6O2/c1-33-20-6-5-19-15-21(25(32)28-9-12-29-10-3-2-4-11-29)23-18-30(24-17-26-7-8-27-24)13-14-31(23)22(19)16-20/h5-8,16-17,21,23H,2-4,9-15,18H2,1H3,(H,28,32)/t21-,23+/m0/s1. The number of carbonyl (C=O) groups is 1. The molecular weight excluding hydrogens is 416 g/mol. The molecule has 2 aromatic rings. The van der Waals surface area contributed by atoms with Crippen molar-refractivity contribution in [2.24, 2.45) is 5.92 Å². The van der Waals surface area contributed by atoms with E-state index in [2.05, 4.69) is 42.1 Å². The van der Waals surface area contributed by atoms with Crippen molar-refractivity contribution in [3.63, 3.8) is 0 Å². The second kappa shape index (κ2) is 9.95. The number of nitrogens with zero attached hydrogens (tertiary/aromatic N) is 5. The Hall–Kier alpha value is -2.87. The Morgan fingerprint density at radius 1 is 1.15 bits per heavy atom. The third kappa shape index (κ3) is 4.76. The van der Waals surface area contributed by atoms with Crippen LogP contribution < -0.4 is 19.9 Å². The second-order valence-electron chi connectivity index (χ2n) is 9.27. The molecule has 33 heavy (non-hydrogen) atoms. The van der Waals surface area contributed by atoms with Crippen molar-refractivity contribution in [2.75, 3.05) is 62.7 Å². The Bertz CT molecular complexity index is 949. The van der Waals surface area contributed by atoms with Crippen LogP contribution in [0.4, 0.5) is 11.5 Å². The van der Waals surface area contributed by atoms with Gasteiger partial charge in [0.25, 0.3) is 0 Å². The Morgan fingerprint density at radius 3 is 2.82 bits per heavy atom. The van der Waals surface area contributed by atoms with Crippen molar-refractivity contribution >= 4 is 17.4 Å². The number of anilines is 2. The highest BCUT2D eigenvalue weighted by Crippen LogP contribution is 2.38. The van der Waals surface area contributed by atoms with Crippen LogP contribution in [0.15, 0.2) is 36.8 Å². The van der Waals surface area contributed by atoms with Gasteiger partial charge in [0.1, 0.15) is 11.6 Å². The Balaban J connectivity index is 1.34. The SMILES string of the molecule is COc1ccc2c(c1)N1CCN(c3cnccn3)C[C@@H]1[C@@H](C(=O)NCCN1CCCCC1)C2. The van der Waals surface area contributed by atoms with Crippen molar-refractivity contribution < 1.29 is 9.53 Å². The molecule has 2 fully saturated rings. The fourth-order valence-corrected chi connectivity index (χ4v) is 5.52. The lowest BCUT2D eigenvalue weighted by atomic mass is 9.83. The van der Waals surface area contributed by atoms with Gasteiger partial charge in [-0.1, -0.05) is 12.5 Å². The summed E-state index contributed by atoms with van der Waals surface area (Å²) in [5, 5.41) is 3.26. The zero-order chi connectivity index (χ0) is 22.6. The van der Waals surface area contributed by atoms with Gasteiger partial charge in [-0.3, -0.25) is 9.78 Å². The summed E-state index contributed by atoms with van der Waals surface area (Å²) in [5.74, 6) is 1.78. The second-order valence-corrected chi connectivity index (χ2v) is 9.27. The molecule has 2 atom stereocenters. The smallest absolute Gasteiger partial charge is 0.225 e. The number of carbonyl (C=O) groups excluding carboxylic acids is 1. The van der Waals surface area contributed by atoms with E-state index in [1.807, 2.05) is 12.3 Å². The van der Waals surface area contributed by atoms with Gasteiger partial charge in [-0.2, -0.15) is 0 Å². The molecule has 3 aliphatic rings. The first-order valence-corrected chi connectivity index (χ1v) is 12.2. The number of hydrogen-bond donors (Lipinski definition) is 1. The first kappa shape index (κ1) is 21.9. The highest BCUT2D eigenvalue weighted by molar-refractivity contribution is 5.82. The van der Waals surface area contributed by atoms with Gasteiger partial charge in [0.15, 0.2) is 0 Å². The number of hydrogen-bond acceptors (Lipinski definition) is 7. The Morgan fingerprint density at radius 2 is 2.03 bits per heavy atom. The third-order valence-electron chi connectivity index (χ3n) is 7.31. The molecule has 176 valence electrons. The van der Waals surface area contributed by atoms with Gasteiger partial charge in [-0.25, -0.2) is 4.98 Å². The van der Waals surface area contributed by atoms with Crippen molar-refractivity contribution in [3.8, 4) is 5.75 Å². The summed E-state index contributed by atoms with van der Waals surface area (Å²) in [5.41, 5.74) is 2.41. The maximum atomic E-state index is 13.4. The third-order valence-corrected chi connectivity index (χ3v) is 7.31. The molecule has 0 spiro atoms. The topological polar surface area (TPSA) is 73.8 Å². The van der Waals surface area contributed by atoms with E-state index in [4.69, 9.17) is 4.74 Å². The number of piperidine rings is 1. The van der Waals surface area contributed by atoms with Gasteiger partial charge in [0.2, 0.25) is 5.91 Å². The molecule has 0 radical (unpaired) electrons. The molecule has 4 heterocycles. The summed E-state index contributed by atoms with van der Waals surface area (Å²) >= 11 is 0. The molecule has 0 saturated carbocycles. The first-order valence-electron chi connectivity index (χ1n) is 12.2. The fraction of sp³-hybridized carbons (Fsp3) is 0.560. The average Bonchev–Trinajstić information content (AvgIpc) is 2.88. The van der Waals surface area contributed by atoms with Crippen LogP contribution in [-0.2, 0) is 11.2 Å². The summed E-state index contributed by atoms with van der Waals surface area (Å²) in [6.07, 6.45) is 9.84. The van der Waals surface area contributed by atoms with Crippen LogP contribution >= 0.6 is 0 Å². The number of fused-ring (bicyclic) bond motifs is 3. The van der Waals surface area contributed by atoms with Crippen LogP contribution in [0, 0.1) is 5.92 Å². The first-order chi connectivity index (χ1) is 16.2. The van der Waals surface area contributed by atoms with Crippen LogP contribution in [0.2, 0.25) is 0 Å². The van der Waals surface area contributed by atoms with Crippen LogP contribution in [0.3, 0.4) is 0 Å². The molecule has 0 bridgehead atoms. The van der Waals surface area contributed by atoms with E-state index in [1.165, 1.54) is 30.5 Å². The monoisotopic (exact) mass is 450 g/mol. The number of likely N-dealkylation sites (tertiary alicyclic amines) is 1. The normalized spacial score (nSPS) is 22.9. The van der Waals surface area contributed by atoms with E-state index < -0.39 is 0 Å². The average molecular weight is 451 g/mol. The minimum atomic E-state index is -0.105. The number of methoxy groups -OCH3 is 1. The van der Waals surface area contributed by atoms with E-state index in [1.54, 1.807) is 19.5 Å². The molecule has 1 aromatic carbocycles. The minimum Gasteiger partial charge on any atom is -0.497 e. The maximum absolute atomic E-state index is 13.4. The highest BCUT2D eigenvalue weighted by Gasteiger charge is 2.42. The van der Waals surface area contributed by atoms with Gasteiger partial charge < -0.3 is 24.8 Å². The predicted molar refractivity (Wildman–Crippen MR) is 129 cm³/mol. The van der Waals surface area contributed by atoms with Gasteiger partial charge in [-0.15, -0.1) is 0 Å². The predicted octanol–water partition coefficient (Wildman–Crippen LogP) is 1.95. The molecule has 0 aliphatic carbocycles. The lowest BCUT2D eigenvalue weighted by Crippen LogP contribution is -2.61. The maximum Gasteiger partial charge on any atom is 0.225 e. The van der Waals surface area contributed by atoms with Crippen molar-refractivity contribution in [3.05, 3.63) is 42.4 Å². The molecule has 8 heteroatoms. The van der Waals surface area contributed by atoms with Crippen LogP contribution in [0.1, 0.15) is 24.8 Å². The Labute approximate surface area is 195 Å². The zero-order valence-corrected chi connectivity index (χ0v) is 19.4. The number of benzene rings is 1. The van der Waals surface area contributed by atoms with E-state index >= 15 is 0 Å². The number of rotatable bonds is 6. The lowest BCUT2D eigenvalue weighted by molar-refractivity contribution is -0.125. The van der Waals surface area contributed by atoms with E-state index in [0.717, 1.165) is 57.3 Å². The largest absolute Gasteiger partial charge is 0.497 e. The van der Waals surface area contributed by atoms with E-state index in [-0.39, 0.29) is 17.9 Å². The summed E-state index contributed by atoms with van der Waals surface area (Å²) in [7, 11) is 1.70. The van der Waals surface area contributed by atoms with Gasteiger partial charge in [0.05, 0.1) is 25.3 Å². The van der Waals surface area contributed by atoms with Crippen molar-refractivity contribution in [2.45, 2.75) is 31.7 Å². The Kier molecular flexibility index (Phi) is 6.62. The number of aromatic nitrogens is 2. The van der Waals surface area contributed by atoms with Crippen LogP contribution in [-0.4, -0.2) is 79.7 Å². The summed E-state index contributed by atoms with van der Waals surface area (Å²) in [4.78, 5) is 29.3. The summed E-state index contributed by atoms with van der Waals surface area (Å²) in [6.45, 7) is 6.38. The van der Waals surface area contributed by atoms with Gasteiger partial charge in [0, 0.05) is 56.9 Å². The highest BCUT2D eigenvalue weighted by atomic mass is 16.5. The van der Waals surface area contributed by atoms with Gasteiger partial charge in [-0.05, 0) is 44.0 Å². The number of nitrogens with one attached hydrogen (secondary N) is 1. The number of amides is 1. The summed E-state index contributed by atoms with van der Waals surface area (Å²) in [6, 6.07) is 6.31. The fourth-order valence-electron chi connectivity index (χ4n) is 5.52. The molecule has 2 saturated heterocycles. The van der Waals surface area contributed by atoms with Crippen molar-refractivity contribution in [1.82, 2.24) is 20.2 Å². The minimum absolute atomic E-state index is 0.0790. The van der Waals surface area contributed by atoms with E-state index in [9.17, 15) is 4.79 Å². The molecule has 1 N–H and O–H groups in total. The van der Waals surface area contributed by atoms with E-state index in [0.29, 0.717) is 6.54 Å². The van der Waals surface area contributed by atoms with Crippen LogP contribution in [0.5, 0.6) is 5.75 Å². The zero-order valence-electron chi connectivity index (χ0n) is 19.4. The molecule has 8 nitrogen and oxygen atoms in total. The summed E-state index contributed by atoms with van der Waals surface area (Å²) < 4.78 is 5.50. The van der Waals surface area contributed by atoms with Crippen LogP contribution in [0.25, 0.3) is 0 Å².